The van der Waals surface area contributed by atoms with Crippen LogP contribution in [0.2, 0.25) is 0 Å². The molecular formula is C13H10F3N3. The SMILES string of the molecule is C#Cc1ccn2c(CC3CC3)nnc2c1C(F)(F)F. The van der Waals surface area contributed by atoms with Crippen molar-refractivity contribution in [1.29, 1.82) is 0 Å². The van der Waals surface area contributed by atoms with Crippen LogP contribution in [0, 0.1) is 18.3 Å². The highest BCUT2D eigenvalue weighted by Crippen LogP contribution is 2.36. The van der Waals surface area contributed by atoms with Crippen molar-refractivity contribution in [2.45, 2.75) is 25.4 Å². The molecule has 19 heavy (non-hydrogen) atoms. The van der Waals surface area contributed by atoms with E-state index in [2.05, 4.69) is 16.1 Å². The molecule has 6 heteroatoms. The lowest BCUT2D eigenvalue weighted by Gasteiger charge is -2.10. The van der Waals surface area contributed by atoms with Crippen LogP contribution in [0.25, 0.3) is 5.65 Å². The Bertz CT molecular complexity index is 675. The summed E-state index contributed by atoms with van der Waals surface area (Å²) in [5.74, 6) is 3.14. The van der Waals surface area contributed by atoms with Crippen molar-refractivity contribution in [2.75, 3.05) is 0 Å². The van der Waals surface area contributed by atoms with E-state index in [9.17, 15) is 13.2 Å². The predicted molar refractivity (Wildman–Crippen MR) is 62.4 cm³/mol. The molecule has 0 aromatic carbocycles. The molecule has 1 aliphatic rings. The molecule has 0 N–H and O–H groups in total. The number of rotatable bonds is 2. The van der Waals surface area contributed by atoms with Crippen LogP contribution < -0.4 is 0 Å². The quantitative estimate of drug-likeness (QED) is 0.781. The zero-order chi connectivity index (χ0) is 13.6. The van der Waals surface area contributed by atoms with E-state index in [1.54, 1.807) is 0 Å². The van der Waals surface area contributed by atoms with Crippen LogP contribution in [0.3, 0.4) is 0 Å². The van der Waals surface area contributed by atoms with Crippen LogP contribution in [-0.2, 0) is 12.6 Å². The maximum Gasteiger partial charge on any atom is 0.421 e. The molecule has 3 rings (SSSR count). The van der Waals surface area contributed by atoms with Crippen molar-refractivity contribution in [2.24, 2.45) is 5.92 Å². The monoisotopic (exact) mass is 265 g/mol. The number of nitrogens with zero attached hydrogens (tertiary/aromatic N) is 3. The normalized spacial score (nSPS) is 15.7. The van der Waals surface area contributed by atoms with Crippen molar-refractivity contribution in [1.82, 2.24) is 14.6 Å². The first kappa shape index (κ1) is 12.0. The Morgan fingerprint density at radius 2 is 2.11 bits per heavy atom. The summed E-state index contributed by atoms with van der Waals surface area (Å²) in [5.41, 5.74) is -1.30. The zero-order valence-corrected chi connectivity index (χ0v) is 9.91. The first-order chi connectivity index (χ1) is 9.00. The van der Waals surface area contributed by atoms with Gasteiger partial charge in [-0.25, -0.2) is 0 Å². The summed E-state index contributed by atoms with van der Waals surface area (Å²) in [5, 5.41) is 7.54. The molecule has 0 spiro atoms. The van der Waals surface area contributed by atoms with Gasteiger partial charge in [-0.05, 0) is 24.8 Å². The third-order valence-corrected chi connectivity index (χ3v) is 3.26. The number of hydrogen-bond acceptors (Lipinski definition) is 2. The molecule has 0 radical (unpaired) electrons. The molecule has 0 unspecified atom stereocenters. The molecule has 0 aliphatic heterocycles. The number of pyridine rings is 1. The van der Waals surface area contributed by atoms with Crippen molar-refractivity contribution in [3.05, 3.63) is 29.2 Å². The van der Waals surface area contributed by atoms with Crippen LogP contribution in [0.4, 0.5) is 13.2 Å². The van der Waals surface area contributed by atoms with E-state index in [-0.39, 0.29) is 11.2 Å². The first-order valence-electron chi connectivity index (χ1n) is 5.91. The second-order valence-electron chi connectivity index (χ2n) is 4.70. The first-order valence-corrected chi connectivity index (χ1v) is 5.91. The molecule has 1 fully saturated rings. The number of halogens is 3. The van der Waals surface area contributed by atoms with Gasteiger partial charge in [0.1, 0.15) is 11.4 Å². The van der Waals surface area contributed by atoms with Gasteiger partial charge < -0.3 is 0 Å². The summed E-state index contributed by atoms with van der Waals surface area (Å²) < 4.78 is 40.6. The number of alkyl halides is 3. The molecular weight excluding hydrogens is 255 g/mol. The summed E-state index contributed by atoms with van der Waals surface area (Å²) in [7, 11) is 0. The topological polar surface area (TPSA) is 30.2 Å². The van der Waals surface area contributed by atoms with Gasteiger partial charge in [0, 0.05) is 18.2 Å². The minimum absolute atomic E-state index is 0.203. The second kappa shape index (κ2) is 3.98. The van der Waals surface area contributed by atoms with E-state index in [1.165, 1.54) is 16.7 Å². The average Bonchev–Trinajstić information content (AvgIpc) is 3.07. The average molecular weight is 265 g/mol. The molecule has 2 heterocycles. The van der Waals surface area contributed by atoms with Crippen molar-refractivity contribution in [3.63, 3.8) is 0 Å². The van der Waals surface area contributed by atoms with Crippen LogP contribution in [-0.4, -0.2) is 14.6 Å². The maximum atomic E-state index is 13.1. The van der Waals surface area contributed by atoms with Gasteiger partial charge in [-0.2, -0.15) is 13.2 Å². The molecule has 2 aromatic rings. The Hall–Kier alpha value is -2.03. The minimum atomic E-state index is -4.53. The third-order valence-electron chi connectivity index (χ3n) is 3.26. The fraction of sp³-hybridized carbons (Fsp3) is 0.385. The maximum absolute atomic E-state index is 13.1. The number of hydrogen-bond donors (Lipinski definition) is 0. The number of terminal acetylenes is 1. The molecule has 2 aromatic heterocycles. The van der Waals surface area contributed by atoms with E-state index in [1.807, 2.05) is 0 Å². The smallest absolute Gasteiger partial charge is 0.286 e. The van der Waals surface area contributed by atoms with E-state index < -0.39 is 11.7 Å². The molecule has 0 amide bonds. The van der Waals surface area contributed by atoms with Crippen molar-refractivity contribution < 1.29 is 13.2 Å². The fourth-order valence-electron chi connectivity index (χ4n) is 2.12. The van der Waals surface area contributed by atoms with Gasteiger partial charge in [0.15, 0.2) is 5.65 Å². The summed E-state index contributed by atoms with van der Waals surface area (Å²) in [6, 6.07) is 1.29. The van der Waals surface area contributed by atoms with Crippen LogP contribution >= 0.6 is 0 Å². The number of aromatic nitrogens is 3. The fourth-order valence-corrected chi connectivity index (χ4v) is 2.12. The third kappa shape index (κ3) is 2.05. The lowest BCUT2D eigenvalue weighted by Crippen LogP contribution is -2.11. The second-order valence-corrected chi connectivity index (χ2v) is 4.70. The Morgan fingerprint density at radius 1 is 1.37 bits per heavy atom. The molecule has 1 saturated carbocycles. The predicted octanol–water partition coefficient (Wildman–Crippen LogP) is 2.68. The Morgan fingerprint density at radius 3 is 2.68 bits per heavy atom. The summed E-state index contributed by atoms with van der Waals surface area (Å²) >= 11 is 0. The summed E-state index contributed by atoms with van der Waals surface area (Å²) in [6.45, 7) is 0. The van der Waals surface area contributed by atoms with Crippen LogP contribution in [0.15, 0.2) is 12.3 Å². The van der Waals surface area contributed by atoms with Crippen LogP contribution in [0.1, 0.15) is 29.8 Å². The summed E-state index contributed by atoms with van der Waals surface area (Å²) in [6.07, 6.45) is 4.97. The van der Waals surface area contributed by atoms with E-state index in [4.69, 9.17) is 6.42 Å². The lowest BCUT2D eigenvalue weighted by atomic mass is 10.1. The lowest BCUT2D eigenvalue weighted by molar-refractivity contribution is -0.136. The molecule has 3 nitrogen and oxygen atoms in total. The Balaban J connectivity index is 2.20. The van der Waals surface area contributed by atoms with E-state index in [0.29, 0.717) is 18.2 Å². The molecule has 0 bridgehead atoms. The standard InChI is InChI=1S/C13H10F3N3/c1-2-9-5-6-19-10(7-8-3-4-8)17-18-12(19)11(9)13(14,15)16/h1,5-6,8H,3-4,7H2. The van der Waals surface area contributed by atoms with Gasteiger partial charge in [-0.1, -0.05) is 5.92 Å². The largest absolute Gasteiger partial charge is 0.421 e. The number of fused-ring (bicyclic) bond motifs is 1. The summed E-state index contributed by atoms with van der Waals surface area (Å²) in [4.78, 5) is 0. The highest BCUT2D eigenvalue weighted by Gasteiger charge is 2.37. The van der Waals surface area contributed by atoms with Crippen LogP contribution in [0.5, 0.6) is 0 Å². The van der Waals surface area contributed by atoms with Gasteiger partial charge in [0.2, 0.25) is 0 Å². The molecule has 0 saturated heterocycles. The highest BCUT2D eigenvalue weighted by atomic mass is 19.4. The Labute approximate surface area is 107 Å². The minimum Gasteiger partial charge on any atom is -0.286 e. The molecule has 1 aliphatic carbocycles. The van der Waals surface area contributed by atoms with Gasteiger partial charge in [-0.15, -0.1) is 16.6 Å². The van der Waals surface area contributed by atoms with Gasteiger partial charge in [-0.3, -0.25) is 4.40 Å². The van der Waals surface area contributed by atoms with Gasteiger partial charge >= 0.3 is 6.18 Å². The van der Waals surface area contributed by atoms with E-state index in [0.717, 1.165) is 12.8 Å². The van der Waals surface area contributed by atoms with Crippen molar-refractivity contribution >= 4 is 5.65 Å². The molecule has 0 atom stereocenters. The molecule has 98 valence electrons. The van der Waals surface area contributed by atoms with E-state index >= 15 is 0 Å². The zero-order valence-electron chi connectivity index (χ0n) is 9.91. The van der Waals surface area contributed by atoms with Gasteiger partial charge in [0.25, 0.3) is 0 Å². The van der Waals surface area contributed by atoms with Crippen molar-refractivity contribution in [3.8, 4) is 12.3 Å². The van der Waals surface area contributed by atoms with Gasteiger partial charge in [0.05, 0.1) is 0 Å². The Kier molecular flexibility index (Phi) is 2.52. The highest BCUT2D eigenvalue weighted by molar-refractivity contribution is 5.58.